The SMILES string of the molecule is COc1cccc(NC(=O)N2CCC3(CC2)CN(C(=O)N(C)C)CC32CCN(C)C2=O)c1. The number of hydrogen-bond acceptors (Lipinski definition) is 4. The van der Waals surface area contributed by atoms with Gasteiger partial charge in [0.05, 0.1) is 12.5 Å². The number of methoxy groups -OCH3 is 1. The van der Waals surface area contributed by atoms with Crippen molar-refractivity contribution in [2.75, 3.05) is 66.3 Å². The summed E-state index contributed by atoms with van der Waals surface area (Å²) >= 11 is 0. The minimum Gasteiger partial charge on any atom is -0.497 e. The van der Waals surface area contributed by atoms with Crippen molar-refractivity contribution in [3.05, 3.63) is 24.3 Å². The molecule has 9 nitrogen and oxygen atoms in total. The second-order valence-electron chi connectivity index (χ2n) is 9.52. The molecule has 32 heavy (non-hydrogen) atoms. The summed E-state index contributed by atoms with van der Waals surface area (Å²) in [6, 6.07) is 7.07. The van der Waals surface area contributed by atoms with Crippen molar-refractivity contribution >= 4 is 23.7 Å². The normalized spacial score (nSPS) is 24.4. The first-order chi connectivity index (χ1) is 15.2. The number of urea groups is 2. The van der Waals surface area contributed by atoms with E-state index < -0.39 is 5.41 Å². The van der Waals surface area contributed by atoms with Gasteiger partial charge in [0.25, 0.3) is 0 Å². The number of benzene rings is 1. The molecule has 1 unspecified atom stereocenters. The molecule has 0 radical (unpaired) electrons. The molecule has 0 aliphatic carbocycles. The van der Waals surface area contributed by atoms with Crippen molar-refractivity contribution in [2.24, 2.45) is 10.8 Å². The monoisotopic (exact) mass is 443 g/mol. The molecular weight excluding hydrogens is 410 g/mol. The molecule has 2 spiro atoms. The smallest absolute Gasteiger partial charge is 0.321 e. The van der Waals surface area contributed by atoms with Gasteiger partial charge in [-0.25, -0.2) is 9.59 Å². The molecule has 1 atom stereocenters. The number of carbonyl (C=O) groups is 3. The number of likely N-dealkylation sites (tertiary alicyclic amines) is 3. The van der Waals surface area contributed by atoms with E-state index in [1.165, 1.54) is 0 Å². The Morgan fingerprint density at radius 2 is 1.78 bits per heavy atom. The molecule has 3 aliphatic heterocycles. The Kier molecular flexibility index (Phi) is 5.68. The number of nitrogens with one attached hydrogen (secondary N) is 1. The lowest BCUT2D eigenvalue weighted by molar-refractivity contribution is -0.140. The topological polar surface area (TPSA) is 85.4 Å². The molecule has 3 saturated heterocycles. The Balaban J connectivity index is 1.50. The third-order valence-electron chi connectivity index (χ3n) is 7.58. The number of piperidine rings is 1. The first kappa shape index (κ1) is 22.2. The molecule has 1 aromatic rings. The van der Waals surface area contributed by atoms with E-state index in [1.54, 1.807) is 42.0 Å². The number of amides is 5. The fourth-order valence-electron chi connectivity index (χ4n) is 5.73. The van der Waals surface area contributed by atoms with Crippen LogP contribution in [0.25, 0.3) is 0 Å². The predicted octanol–water partition coefficient (Wildman–Crippen LogP) is 2.15. The number of fused-ring (bicyclic) bond motifs is 1. The maximum atomic E-state index is 13.3. The molecule has 1 N–H and O–H groups in total. The van der Waals surface area contributed by atoms with Gasteiger partial charge in [-0.3, -0.25) is 4.79 Å². The lowest BCUT2D eigenvalue weighted by Crippen LogP contribution is -2.54. The van der Waals surface area contributed by atoms with E-state index in [4.69, 9.17) is 4.74 Å². The van der Waals surface area contributed by atoms with Crippen LogP contribution >= 0.6 is 0 Å². The third-order valence-corrected chi connectivity index (χ3v) is 7.58. The van der Waals surface area contributed by atoms with E-state index in [-0.39, 0.29) is 23.4 Å². The highest BCUT2D eigenvalue weighted by molar-refractivity contribution is 5.90. The molecule has 174 valence electrons. The fourth-order valence-corrected chi connectivity index (χ4v) is 5.73. The van der Waals surface area contributed by atoms with Gasteiger partial charge in [-0.2, -0.15) is 0 Å². The highest BCUT2D eigenvalue weighted by Crippen LogP contribution is 2.57. The van der Waals surface area contributed by atoms with E-state index in [2.05, 4.69) is 5.32 Å². The summed E-state index contributed by atoms with van der Waals surface area (Å²) < 4.78 is 5.23. The van der Waals surface area contributed by atoms with Crippen molar-refractivity contribution in [3.63, 3.8) is 0 Å². The summed E-state index contributed by atoms with van der Waals surface area (Å²) in [5.74, 6) is 0.823. The summed E-state index contributed by atoms with van der Waals surface area (Å²) in [4.78, 5) is 46.0. The maximum Gasteiger partial charge on any atom is 0.321 e. The van der Waals surface area contributed by atoms with Gasteiger partial charge in [-0.1, -0.05) is 6.07 Å². The van der Waals surface area contributed by atoms with Gasteiger partial charge in [-0.05, 0) is 31.4 Å². The number of anilines is 1. The average molecular weight is 444 g/mol. The van der Waals surface area contributed by atoms with Crippen LogP contribution < -0.4 is 10.1 Å². The van der Waals surface area contributed by atoms with Crippen LogP contribution in [-0.4, -0.2) is 98.5 Å². The molecule has 0 bridgehead atoms. The second kappa shape index (κ2) is 8.18. The molecule has 3 fully saturated rings. The van der Waals surface area contributed by atoms with E-state index in [9.17, 15) is 14.4 Å². The standard InChI is InChI=1S/C23H33N5O4/c1-25(2)21(31)28-15-22(23(16-28)10-11-26(3)19(23)29)8-12-27(13-9-22)20(30)24-17-6-5-7-18(14-17)32-4/h5-7,14H,8-13,15-16H2,1-4H3,(H,24,30). The van der Waals surface area contributed by atoms with Gasteiger partial charge < -0.3 is 29.7 Å². The largest absolute Gasteiger partial charge is 0.497 e. The zero-order valence-electron chi connectivity index (χ0n) is 19.4. The van der Waals surface area contributed by atoms with Crippen LogP contribution in [0.2, 0.25) is 0 Å². The van der Waals surface area contributed by atoms with Crippen LogP contribution in [-0.2, 0) is 4.79 Å². The van der Waals surface area contributed by atoms with Gasteiger partial charge in [0.15, 0.2) is 0 Å². The molecule has 5 amide bonds. The van der Waals surface area contributed by atoms with Crippen LogP contribution in [0.3, 0.4) is 0 Å². The number of rotatable bonds is 2. The van der Waals surface area contributed by atoms with E-state index in [0.29, 0.717) is 57.0 Å². The van der Waals surface area contributed by atoms with Crippen LogP contribution in [0.4, 0.5) is 15.3 Å². The molecule has 9 heteroatoms. The van der Waals surface area contributed by atoms with Crippen molar-refractivity contribution in [3.8, 4) is 5.75 Å². The number of nitrogens with zero attached hydrogens (tertiary/aromatic N) is 4. The Bertz CT molecular complexity index is 911. The molecule has 0 saturated carbocycles. The summed E-state index contributed by atoms with van der Waals surface area (Å²) in [6.45, 7) is 2.85. The average Bonchev–Trinajstić information content (AvgIpc) is 3.26. The zero-order valence-corrected chi connectivity index (χ0v) is 19.4. The lowest BCUT2D eigenvalue weighted by atomic mass is 9.60. The molecular formula is C23H33N5O4. The highest BCUT2D eigenvalue weighted by atomic mass is 16.5. The van der Waals surface area contributed by atoms with Crippen LogP contribution in [0, 0.1) is 10.8 Å². The van der Waals surface area contributed by atoms with Crippen molar-refractivity contribution in [2.45, 2.75) is 19.3 Å². The molecule has 1 aromatic carbocycles. The number of carbonyl (C=O) groups excluding carboxylic acids is 3. The first-order valence-corrected chi connectivity index (χ1v) is 11.1. The fraction of sp³-hybridized carbons (Fsp3) is 0.609. The highest BCUT2D eigenvalue weighted by Gasteiger charge is 2.65. The van der Waals surface area contributed by atoms with E-state index in [1.807, 2.05) is 30.1 Å². The maximum absolute atomic E-state index is 13.3. The molecule has 3 heterocycles. The molecule has 0 aromatic heterocycles. The van der Waals surface area contributed by atoms with Gasteiger partial charge >= 0.3 is 12.1 Å². The van der Waals surface area contributed by atoms with Crippen molar-refractivity contribution in [1.29, 1.82) is 0 Å². The summed E-state index contributed by atoms with van der Waals surface area (Å²) in [7, 11) is 6.93. The predicted molar refractivity (Wildman–Crippen MR) is 121 cm³/mol. The van der Waals surface area contributed by atoms with Crippen LogP contribution in [0.15, 0.2) is 24.3 Å². The zero-order chi connectivity index (χ0) is 23.1. The van der Waals surface area contributed by atoms with E-state index in [0.717, 1.165) is 6.42 Å². The number of ether oxygens (including phenoxy) is 1. The summed E-state index contributed by atoms with van der Waals surface area (Å²) in [6.07, 6.45) is 2.17. The summed E-state index contributed by atoms with van der Waals surface area (Å²) in [5.41, 5.74) is -0.168. The molecule has 4 rings (SSSR count). The van der Waals surface area contributed by atoms with Gasteiger partial charge in [-0.15, -0.1) is 0 Å². The van der Waals surface area contributed by atoms with Gasteiger partial charge in [0.1, 0.15) is 5.75 Å². The Morgan fingerprint density at radius 3 is 2.38 bits per heavy atom. The summed E-state index contributed by atoms with van der Waals surface area (Å²) in [5, 5.41) is 2.94. The Hall–Kier alpha value is -2.97. The lowest BCUT2D eigenvalue weighted by Gasteiger charge is -2.46. The van der Waals surface area contributed by atoms with Gasteiger partial charge in [0, 0.05) is 71.0 Å². The Morgan fingerprint density at radius 1 is 1.06 bits per heavy atom. The molecule has 3 aliphatic rings. The van der Waals surface area contributed by atoms with Crippen LogP contribution in [0.5, 0.6) is 5.75 Å². The van der Waals surface area contributed by atoms with E-state index >= 15 is 0 Å². The number of hydrogen-bond donors (Lipinski definition) is 1. The van der Waals surface area contributed by atoms with Crippen molar-refractivity contribution < 1.29 is 19.1 Å². The minimum atomic E-state index is -0.553. The third kappa shape index (κ3) is 3.53. The Labute approximate surface area is 189 Å². The quantitative estimate of drug-likeness (QED) is 0.759. The van der Waals surface area contributed by atoms with Crippen molar-refractivity contribution in [1.82, 2.24) is 19.6 Å². The van der Waals surface area contributed by atoms with Gasteiger partial charge in [0.2, 0.25) is 5.91 Å². The first-order valence-electron chi connectivity index (χ1n) is 11.1. The second-order valence-corrected chi connectivity index (χ2v) is 9.52. The minimum absolute atomic E-state index is 0.0539. The van der Waals surface area contributed by atoms with Crippen LogP contribution in [0.1, 0.15) is 19.3 Å².